The third-order valence-electron chi connectivity index (χ3n) is 6.06. The number of benzene rings is 4. The summed E-state index contributed by atoms with van der Waals surface area (Å²) < 4.78 is 59.3. The molecule has 172 valence electrons. The van der Waals surface area contributed by atoms with Gasteiger partial charge in [-0.2, -0.15) is 8.78 Å². The molecule has 0 unspecified atom stereocenters. The highest BCUT2D eigenvalue weighted by Crippen LogP contribution is 2.34. The van der Waals surface area contributed by atoms with Gasteiger partial charge >= 0.3 is 6.61 Å². The van der Waals surface area contributed by atoms with Crippen LogP contribution in [0.4, 0.5) is 17.6 Å². The summed E-state index contributed by atoms with van der Waals surface area (Å²) in [5.74, 6) is -0.776. The van der Waals surface area contributed by atoms with Crippen molar-refractivity contribution >= 4 is 21.5 Å². The van der Waals surface area contributed by atoms with Crippen LogP contribution >= 0.6 is 0 Å². The standard InChI is InChI=1S/C28H26F4O/c1-2-3-4-5-6-7-19-10-14-23-22-15-11-20(16-24(22)26(29)17-25(23)27(19)30)18-8-12-21(13-9-18)33-28(31)32/h8-17,28H,2-7H2,1H3. The third-order valence-corrected chi connectivity index (χ3v) is 6.06. The Labute approximate surface area is 191 Å². The van der Waals surface area contributed by atoms with Crippen LogP contribution in [0, 0.1) is 11.6 Å². The topological polar surface area (TPSA) is 9.23 Å². The van der Waals surface area contributed by atoms with E-state index in [9.17, 15) is 8.78 Å². The molecule has 0 aliphatic heterocycles. The van der Waals surface area contributed by atoms with Crippen LogP contribution in [0.3, 0.4) is 0 Å². The Morgan fingerprint density at radius 2 is 1.36 bits per heavy atom. The molecule has 1 nitrogen and oxygen atoms in total. The van der Waals surface area contributed by atoms with E-state index in [1.807, 2.05) is 18.2 Å². The summed E-state index contributed by atoms with van der Waals surface area (Å²) in [6.07, 6.45) is 6.13. The van der Waals surface area contributed by atoms with Gasteiger partial charge in [0.15, 0.2) is 0 Å². The molecule has 0 fully saturated rings. The number of aryl methyl sites for hydroxylation is 1. The van der Waals surface area contributed by atoms with Gasteiger partial charge in [0.05, 0.1) is 0 Å². The molecule has 0 saturated carbocycles. The van der Waals surface area contributed by atoms with E-state index in [1.54, 1.807) is 24.3 Å². The maximum atomic E-state index is 15.2. The number of unbranched alkanes of at least 4 members (excludes halogenated alkanes) is 4. The van der Waals surface area contributed by atoms with Crippen LogP contribution in [-0.2, 0) is 6.42 Å². The molecule has 0 atom stereocenters. The van der Waals surface area contributed by atoms with E-state index >= 15 is 8.78 Å². The zero-order valence-electron chi connectivity index (χ0n) is 18.5. The van der Waals surface area contributed by atoms with Crippen molar-refractivity contribution in [3.8, 4) is 16.9 Å². The smallest absolute Gasteiger partial charge is 0.387 e. The van der Waals surface area contributed by atoms with Gasteiger partial charge in [-0.3, -0.25) is 0 Å². The number of hydrogen-bond donors (Lipinski definition) is 0. The Morgan fingerprint density at radius 1 is 0.697 bits per heavy atom. The number of hydrogen-bond acceptors (Lipinski definition) is 1. The molecule has 0 saturated heterocycles. The quantitative estimate of drug-likeness (QED) is 0.139. The molecule has 0 aromatic heterocycles. The molecule has 0 amide bonds. The molecule has 4 aromatic carbocycles. The average Bonchev–Trinajstić information content (AvgIpc) is 2.81. The van der Waals surface area contributed by atoms with E-state index in [0.717, 1.165) is 36.8 Å². The minimum Gasteiger partial charge on any atom is -0.435 e. The van der Waals surface area contributed by atoms with E-state index in [0.29, 0.717) is 33.5 Å². The van der Waals surface area contributed by atoms with Gasteiger partial charge in [-0.1, -0.05) is 69.0 Å². The first-order valence-electron chi connectivity index (χ1n) is 11.4. The van der Waals surface area contributed by atoms with Gasteiger partial charge in [0.1, 0.15) is 17.4 Å². The molecule has 0 bridgehead atoms. The van der Waals surface area contributed by atoms with Crippen molar-refractivity contribution in [3.05, 3.63) is 77.9 Å². The van der Waals surface area contributed by atoms with Gasteiger partial charge in [-0.15, -0.1) is 0 Å². The molecule has 4 aromatic rings. The summed E-state index contributed by atoms with van der Waals surface area (Å²) in [4.78, 5) is 0. The van der Waals surface area contributed by atoms with Crippen molar-refractivity contribution in [1.82, 2.24) is 0 Å². The van der Waals surface area contributed by atoms with Gasteiger partial charge < -0.3 is 4.74 Å². The van der Waals surface area contributed by atoms with Crippen molar-refractivity contribution in [2.24, 2.45) is 0 Å². The molecule has 0 heterocycles. The second-order valence-corrected chi connectivity index (χ2v) is 8.32. The first-order chi connectivity index (χ1) is 16.0. The Morgan fingerprint density at radius 3 is 2.09 bits per heavy atom. The molecular formula is C28H26F4O. The Kier molecular flexibility index (Phi) is 7.17. The van der Waals surface area contributed by atoms with Crippen LogP contribution in [-0.4, -0.2) is 6.61 Å². The molecule has 0 aliphatic rings. The highest BCUT2D eigenvalue weighted by Gasteiger charge is 2.14. The second-order valence-electron chi connectivity index (χ2n) is 8.32. The molecule has 0 N–H and O–H groups in total. The SMILES string of the molecule is CCCCCCCc1ccc2c(cc(F)c3cc(-c4ccc(OC(F)F)cc4)ccc32)c1F. The minimum absolute atomic E-state index is 0.0587. The summed E-state index contributed by atoms with van der Waals surface area (Å²) in [5, 5.41) is 2.00. The maximum Gasteiger partial charge on any atom is 0.387 e. The van der Waals surface area contributed by atoms with Crippen LogP contribution in [0.15, 0.2) is 60.7 Å². The van der Waals surface area contributed by atoms with Crippen molar-refractivity contribution in [2.75, 3.05) is 0 Å². The fourth-order valence-corrected chi connectivity index (χ4v) is 4.32. The van der Waals surface area contributed by atoms with Gasteiger partial charge in [-0.05, 0) is 64.6 Å². The first kappa shape index (κ1) is 23.1. The van der Waals surface area contributed by atoms with E-state index in [-0.39, 0.29) is 11.6 Å². The molecule has 0 spiro atoms. The molecular weight excluding hydrogens is 428 g/mol. The number of alkyl halides is 2. The fraction of sp³-hybridized carbons (Fsp3) is 0.286. The fourth-order valence-electron chi connectivity index (χ4n) is 4.32. The van der Waals surface area contributed by atoms with Crippen LogP contribution in [0.2, 0.25) is 0 Å². The third kappa shape index (κ3) is 5.13. The van der Waals surface area contributed by atoms with Crippen LogP contribution in [0.25, 0.3) is 32.7 Å². The molecule has 0 aliphatic carbocycles. The number of rotatable bonds is 9. The molecule has 4 rings (SSSR count). The van der Waals surface area contributed by atoms with Crippen LogP contribution < -0.4 is 4.74 Å². The highest BCUT2D eigenvalue weighted by molar-refractivity contribution is 6.09. The van der Waals surface area contributed by atoms with Gasteiger partial charge in [0.25, 0.3) is 0 Å². The Balaban J connectivity index is 1.65. The summed E-state index contributed by atoms with van der Waals surface area (Å²) in [6.45, 7) is -0.729. The van der Waals surface area contributed by atoms with E-state index in [4.69, 9.17) is 0 Å². The summed E-state index contributed by atoms with van der Waals surface area (Å²) >= 11 is 0. The summed E-state index contributed by atoms with van der Waals surface area (Å²) in [5.41, 5.74) is 2.09. The minimum atomic E-state index is -2.89. The predicted molar refractivity (Wildman–Crippen MR) is 126 cm³/mol. The van der Waals surface area contributed by atoms with Crippen LogP contribution in [0.1, 0.15) is 44.6 Å². The lowest BCUT2D eigenvalue weighted by Gasteiger charge is -2.12. The monoisotopic (exact) mass is 454 g/mol. The highest BCUT2D eigenvalue weighted by atomic mass is 19.3. The number of ether oxygens (including phenoxy) is 1. The largest absolute Gasteiger partial charge is 0.435 e. The summed E-state index contributed by atoms with van der Waals surface area (Å²) in [7, 11) is 0. The number of halogens is 4. The summed E-state index contributed by atoms with van der Waals surface area (Å²) in [6, 6.07) is 16.4. The van der Waals surface area contributed by atoms with E-state index in [2.05, 4.69) is 11.7 Å². The predicted octanol–water partition coefficient (Wildman–Crippen LogP) is 9.05. The molecule has 5 heteroatoms. The van der Waals surface area contributed by atoms with Crippen molar-refractivity contribution in [1.29, 1.82) is 0 Å². The first-order valence-corrected chi connectivity index (χ1v) is 11.4. The van der Waals surface area contributed by atoms with Gasteiger partial charge in [-0.25, -0.2) is 8.78 Å². The van der Waals surface area contributed by atoms with Crippen molar-refractivity contribution < 1.29 is 22.3 Å². The van der Waals surface area contributed by atoms with Crippen molar-refractivity contribution in [2.45, 2.75) is 52.1 Å². The number of fused-ring (bicyclic) bond motifs is 3. The maximum absolute atomic E-state index is 15.2. The van der Waals surface area contributed by atoms with E-state index in [1.165, 1.54) is 24.6 Å². The van der Waals surface area contributed by atoms with Crippen LogP contribution in [0.5, 0.6) is 5.75 Å². The van der Waals surface area contributed by atoms with Crippen molar-refractivity contribution in [3.63, 3.8) is 0 Å². The zero-order valence-corrected chi connectivity index (χ0v) is 18.5. The lowest BCUT2D eigenvalue weighted by atomic mass is 9.94. The second kappa shape index (κ2) is 10.2. The Hall–Kier alpha value is -3.08. The molecule has 33 heavy (non-hydrogen) atoms. The Bertz CT molecular complexity index is 1250. The lowest BCUT2D eigenvalue weighted by Crippen LogP contribution is -2.01. The lowest BCUT2D eigenvalue weighted by molar-refractivity contribution is -0.0498. The van der Waals surface area contributed by atoms with Gasteiger partial charge in [0, 0.05) is 10.8 Å². The van der Waals surface area contributed by atoms with E-state index < -0.39 is 12.4 Å². The normalized spacial score (nSPS) is 11.6. The molecule has 0 radical (unpaired) electrons. The van der Waals surface area contributed by atoms with Gasteiger partial charge in [0.2, 0.25) is 0 Å². The average molecular weight is 455 g/mol. The zero-order chi connectivity index (χ0) is 23.4.